The molecule has 1 fully saturated rings. The van der Waals surface area contributed by atoms with Crippen LogP contribution in [-0.4, -0.2) is 27.6 Å². The highest BCUT2D eigenvalue weighted by Gasteiger charge is 2.21. The molecule has 2 atom stereocenters. The first-order valence-corrected chi connectivity index (χ1v) is 6.97. The highest BCUT2D eigenvalue weighted by atomic mass is 16.5. The monoisotopic (exact) mass is 252 g/mol. The molecule has 1 aliphatic rings. The van der Waals surface area contributed by atoms with Crippen LogP contribution in [0.3, 0.4) is 0 Å². The van der Waals surface area contributed by atoms with Gasteiger partial charge in [0.05, 0.1) is 24.4 Å². The topological polar surface area (TPSA) is 47.3 Å². The van der Waals surface area contributed by atoms with Gasteiger partial charge >= 0.3 is 0 Å². The Morgan fingerprint density at radius 1 is 1.44 bits per heavy atom. The molecule has 1 N–H and O–H groups in total. The summed E-state index contributed by atoms with van der Waals surface area (Å²) in [5.74, 6) is 0. The van der Waals surface area contributed by atoms with Crippen LogP contribution in [-0.2, 0) is 11.3 Å². The van der Waals surface area contributed by atoms with Crippen molar-refractivity contribution in [2.45, 2.75) is 65.2 Å². The average molecular weight is 252 g/mol. The van der Waals surface area contributed by atoms with Crippen molar-refractivity contribution in [2.75, 3.05) is 6.61 Å². The third-order valence-electron chi connectivity index (χ3n) is 3.81. The second-order valence-corrected chi connectivity index (χ2v) is 5.18. The minimum Gasteiger partial charge on any atom is -0.388 e. The lowest BCUT2D eigenvalue weighted by molar-refractivity contribution is 0.00356. The van der Waals surface area contributed by atoms with Crippen molar-refractivity contribution in [1.82, 2.24) is 9.78 Å². The maximum atomic E-state index is 10.0. The Hall–Kier alpha value is -0.870. The molecule has 0 aromatic carbocycles. The molecular formula is C14H24N2O2. The maximum absolute atomic E-state index is 10.0. The van der Waals surface area contributed by atoms with Crippen LogP contribution in [0.1, 0.15) is 55.7 Å². The van der Waals surface area contributed by atoms with Gasteiger partial charge in [0.15, 0.2) is 0 Å². The number of nitrogens with zero attached hydrogens (tertiary/aromatic N) is 2. The molecule has 0 radical (unpaired) electrons. The SMILES string of the molecule is CCC(O)c1c(C)nn(CC2CCCCO2)c1C. The predicted octanol–water partition coefficient (Wildman–Crippen LogP) is 2.51. The predicted molar refractivity (Wildman–Crippen MR) is 70.5 cm³/mol. The van der Waals surface area contributed by atoms with Gasteiger partial charge in [-0.15, -0.1) is 0 Å². The molecule has 1 aromatic heterocycles. The van der Waals surface area contributed by atoms with Gasteiger partial charge in [-0.2, -0.15) is 5.10 Å². The van der Waals surface area contributed by atoms with Crippen LogP contribution in [0.2, 0.25) is 0 Å². The van der Waals surface area contributed by atoms with Crippen LogP contribution in [0, 0.1) is 13.8 Å². The normalized spacial score (nSPS) is 22.1. The van der Waals surface area contributed by atoms with Gasteiger partial charge in [-0.25, -0.2) is 0 Å². The number of hydrogen-bond acceptors (Lipinski definition) is 3. The average Bonchev–Trinajstić information content (AvgIpc) is 2.65. The minimum absolute atomic E-state index is 0.281. The molecule has 4 nitrogen and oxygen atoms in total. The molecule has 0 saturated carbocycles. The molecule has 2 rings (SSSR count). The molecule has 1 saturated heterocycles. The second kappa shape index (κ2) is 5.85. The van der Waals surface area contributed by atoms with E-state index in [4.69, 9.17) is 4.74 Å². The number of hydrogen-bond donors (Lipinski definition) is 1. The van der Waals surface area contributed by atoms with Gasteiger partial charge in [0.1, 0.15) is 0 Å². The molecule has 0 amide bonds. The number of rotatable bonds is 4. The minimum atomic E-state index is -0.397. The summed E-state index contributed by atoms with van der Waals surface area (Å²) in [5, 5.41) is 14.6. The van der Waals surface area contributed by atoms with E-state index in [2.05, 4.69) is 5.10 Å². The van der Waals surface area contributed by atoms with Crippen LogP contribution in [0.15, 0.2) is 0 Å². The molecule has 0 spiro atoms. The first-order valence-electron chi connectivity index (χ1n) is 6.97. The molecule has 0 aliphatic carbocycles. The number of aryl methyl sites for hydroxylation is 1. The Labute approximate surface area is 109 Å². The summed E-state index contributed by atoms with van der Waals surface area (Å²) in [6, 6.07) is 0. The molecule has 4 heteroatoms. The zero-order valence-corrected chi connectivity index (χ0v) is 11.6. The van der Waals surface area contributed by atoms with Gasteiger partial charge < -0.3 is 9.84 Å². The van der Waals surface area contributed by atoms with Crippen LogP contribution >= 0.6 is 0 Å². The zero-order chi connectivity index (χ0) is 13.1. The summed E-state index contributed by atoms with van der Waals surface area (Å²) in [7, 11) is 0. The largest absolute Gasteiger partial charge is 0.388 e. The first-order chi connectivity index (χ1) is 8.63. The van der Waals surface area contributed by atoms with Gasteiger partial charge in [0.25, 0.3) is 0 Å². The molecule has 1 aromatic rings. The first kappa shape index (κ1) is 13.6. The lowest BCUT2D eigenvalue weighted by Gasteiger charge is -2.23. The van der Waals surface area contributed by atoms with Gasteiger partial charge in [-0.05, 0) is 39.5 Å². The highest BCUT2D eigenvalue weighted by Crippen LogP contribution is 2.25. The van der Waals surface area contributed by atoms with Crippen molar-refractivity contribution in [3.05, 3.63) is 17.0 Å². The maximum Gasteiger partial charge on any atom is 0.0823 e. The molecule has 2 heterocycles. The lowest BCUT2D eigenvalue weighted by Crippen LogP contribution is -2.25. The standard InChI is InChI=1S/C14H24N2O2/c1-4-13(17)14-10(2)15-16(11(14)3)9-12-7-5-6-8-18-12/h12-13,17H,4-9H2,1-3H3. The Morgan fingerprint density at radius 3 is 2.83 bits per heavy atom. The van der Waals surface area contributed by atoms with E-state index in [-0.39, 0.29) is 6.10 Å². The molecule has 1 aliphatic heterocycles. The van der Waals surface area contributed by atoms with Gasteiger partial charge in [0, 0.05) is 17.9 Å². The summed E-state index contributed by atoms with van der Waals surface area (Å²) in [6.45, 7) is 7.68. The van der Waals surface area contributed by atoms with Gasteiger partial charge in [-0.1, -0.05) is 6.92 Å². The molecule has 2 unspecified atom stereocenters. The lowest BCUT2D eigenvalue weighted by atomic mass is 10.1. The van der Waals surface area contributed by atoms with Crippen molar-refractivity contribution in [3.63, 3.8) is 0 Å². The van der Waals surface area contributed by atoms with E-state index in [1.807, 2.05) is 25.5 Å². The Bertz CT molecular complexity index is 395. The number of aromatic nitrogens is 2. The second-order valence-electron chi connectivity index (χ2n) is 5.18. The number of aliphatic hydroxyl groups is 1. The van der Waals surface area contributed by atoms with Crippen molar-refractivity contribution in [2.24, 2.45) is 0 Å². The molecular weight excluding hydrogens is 228 g/mol. The van der Waals surface area contributed by atoms with Crippen molar-refractivity contribution in [1.29, 1.82) is 0 Å². The van der Waals surface area contributed by atoms with E-state index >= 15 is 0 Å². The van der Waals surface area contributed by atoms with E-state index in [9.17, 15) is 5.11 Å². The summed E-state index contributed by atoms with van der Waals surface area (Å²) in [5.41, 5.74) is 3.02. The molecule has 18 heavy (non-hydrogen) atoms. The van der Waals surface area contributed by atoms with E-state index in [0.717, 1.165) is 42.9 Å². The van der Waals surface area contributed by atoms with Crippen LogP contribution in [0.25, 0.3) is 0 Å². The van der Waals surface area contributed by atoms with Crippen molar-refractivity contribution < 1.29 is 9.84 Å². The zero-order valence-electron chi connectivity index (χ0n) is 11.6. The number of aliphatic hydroxyl groups excluding tert-OH is 1. The quantitative estimate of drug-likeness (QED) is 0.895. The summed E-state index contributed by atoms with van der Waals surface area (Å²) < 4.78 is 7.75. The van der Waals surface area contributed by atoms with Crippen molar-refractivity contribution >= 4 is 0 Å². The Balaban J connectivity index is 2.13. The van der Waals surface area contributed by atoms with E-state index < -0.39 is 6.10 Å². The highest BCUT2D eigenvalue weighted by molar-refractivity contribution is 5.26. The van der Waals surface area contributed by atoms with Crippen LogP contribution in [0.4, 0.5) is 0 Å². The molecule has 102 valence electrons. The summed E-state index contributed by atoms with van der Waals surface area (Å²) in [6.07, 6.45) is 4.15. The Morgan fingerprint density at radius 2 is 2.22 bits per heavy atom. The van der Waals surface area contributed by atoms with E-state index in [1.165, 1.54) is 12.8 Å². The van der Waals surface area contributed by atoms with Crippen LogP contribution in [0.5, 0.6) is 0 Å². The fourth-order valence-corrected chi connectivity index (χ4v) is 2.72. The third kappa shape index (κ3) is 2.75. The van der Waals surface area contributed by atoms with E-state index in [0.29, 0.717) is 0 Å². The van der Waals surface area contributed by atoms with Crippen LogP contribution < -0.4 is 0 Å². The van der Waals surface area contributed by atoms with Gasteiger partial charge in [0.2, 0.25) is 0 Å². The summed E-state index contributed by atoms with van der Waals surface area (Å²) in [4.78, 5) is 0. The van der Waals surface area contributed by atoms with E-state index in [1.54, 1.807) is 0 Å². The smallest absolute Gasteiger partial charge is 0.0823 e. The fraction of sp³-hybridized carbons (Fsp3) is 0.786. The van der Waals surface area contributed by atoms with Gasteiger partial charge in [-0.3, -0.25) is 4.68 Å². The fourth-order valence-electron chi connectivity index (χ4n) is 2.72. The molecule has 0 bridgehead atoms. The summed E-state index contributed by atoms with van der Waals surface area (Å²) >= 11 is 0. The third-order valence-corrected chi connectivity index (χ3v) is 3.81. The Kier molecular flexibility index (Phi) is 4.40. The van der Waals surface area contributed by atoms with Crippen molar-refractivity contribution in [3.8, 4) is 0 Å². The number of ether oxygens (including phenoxy) is 1.